The molecule has 1 amide bonds. The van der Waals surface area contributed by atoms with E-state index in [1.54, 1.807) is 0 Å². The quantitative estimate of drug-likeness (QED) is 0.318. The molecular weight excluding hydrogens is 391 g/mol. The second-order valence-corrected chi connectivity index (χ2v) is 10.3. The molecule has 13 heteroatoms. The zero-order valence-electron chi connectivity index (χ0n) is 17.0. The highest BCUT2D eigenvalue weighted by atomic mass is 31.2. The number of nitrogens with two attached hydrogens (primary N) is 2. The van der Waals surface area contributed by atoms with E-state index in [1.807, 2.05) is 34.6 Å². The fourth-order valence-electron chi connectivity index (χ4n) is 1.80. The van der Waals surface area contributed by atoms with Crippen LogP contribution in [0.2, 0.25) is 0 Å². The van der Waals surface area contributed by atoms with Crippen molar-refractivity contribution in [3.8, 4) is 0 Å². The van der Waals surface area contributed by atoms with E-state index in [9.17, 15) is 18.9 Å². The van der Waals surface area contributed by atoms with Crippen LogP contribution in [0.1, 0.15) is 52.8 Å². The summed E-state index contributed by atoms with van der Waals surface area (Å²) in [6.07, 6.45) is 0.0000772. The second kappa shape index (κ2) is 9.85. The van der Waals surface area contributed by atoms with Gasteiger partial charge in [-0.25, -0.2) is 9.59 Å². The molecule has 0 fully saturated rings. The van der Waals surface area contributed by atoms with Crippen LogP contribution < -0.4 is 22.6 Å². The van der Waals surface area contributed by atoms with Crippen molar-refractivity contribution in [3.05, 3.63) is 16.3 Å². The van der Waals surface area contributed by atoms with Crippen LogP contribution >= 0.6 is 7.37 Å². The van der Waals surface area contributed by atoms with Gasteiger partial charge in [-0.3, -0.25) is 9.36 Å². The fraction of sp³-hybridized carbons (Fsp3) is 0.733. The molecule has 0 bridgehead atoms. The summed E-state index contributed by atoms with van der Waals surface area (Å²) < 4.78 is 12.3. The van der Waals surface area contributed by atoms with Crippen molar-refractivity contribution >= 4 is 19.4 Å². The van der Waals surface area contributed by atoms with E-state index in [0.29, 0.717) is 5.82 Å². The first-order valence-corrected chi connectivity index (χ1v) is 10.8. The third-order valence-corrected chi connectivity index (χ3v) is 4.29. The first-order chi connectivity index (χ1) is 12.5. The number of amides is 1. The van der Waals surface area contributed by atoms with Crippen molar-refractivity contribution in [2.24, 2.45) is 5.73 Å². The van der Waals surface area contributed by atoms with Gasteiger partial charge in [-0.05, 0) is 27.2 Å². The highest BCUT2D eigenvalue weighted by molar-refractivity contribution is 7.57. The van der Waals surface area contributed by atoms with Gasteiger partial charge in [0.15, 0.2) is 13.2 Å². The number of aliphatic carboxylic acids is 1. The molecule has 162 valence electrons. The molecule has 0 spiro atoms. The number of hydrogen-bond donors (Lipinski definition) is 5. The molecule has 1 heterocycles. The number of nitrogens with one attached hydrogen (secondary N) is 1. The Labute approximate surface area is 163 Å². The summed E-state index contributed by atoms with van der Waals surface area (Å²) >= 11 is 0. The second-order valence-electron chi connectivity index (χ2n) is 7.77. The van der Waals surface area contributed by atoms with Gasteiger partial charge in [0.2, 0.25) is 0 Å². The minimum atomic E-state index is -3.10. The van der Waals surface area contributed by atoms with Gasteiger partial charge in [-0.1, -0.05) is 13.8 Å². The van der Waals surface area contributed by atoms with Gasteiger partial charge >= 0.3 is 17.7 Å². The molecule has 28 heavy (non-hydrogen) atoms. The Bertz CT molecular complexity index is 788. The molecule has 0 radical (unpaired) electrons. The van der Waals surface area contributed by atoms with Crippen LogP contribution in [0.4, 0.5) is 4.79 Å². The minimum Gasteiger partial charge on any atom is -0.480 e. The van der Waals surface area contributed by atoms with Crippen LogP contribution in [0.3, 0.4) is 0 Å². The Morgan fingerprint density at radius 1 is 1.32 bits per heavy atom. The lowest BCUT2D eigenvalue weighted by atomic mass is 10.1. The van der Waals surface area contributed by atoms with Crippen molar-refractivity contribution < 1.29 is 24.2 Å². The van der Waals surface area contributed by atoms with Gasteiger partial charge in [0.25, 0.3) is 0 Å². The van der Waals surface area contributed by atoms with E-state index >= 15 is 0 Å². The zero-order chi connectivity index (χ0) is 22.4. The molecule has 0 saturated heterocycles. The van der Waals surface area contributed by atoms with Crippen LogP contribution in [-0.4, -0.2) is 60.9 Å². The van der Waals surface area contributed by atoms with Crippen molar-refractivity contribution in [1.29, 1.82) is 0 Å². The number of hydrogen-bond acceptors (Lipinski definition) is 7. The summed E-state index contributed by atoms with van der Waals surface area (Å²) in [5, 5.41) is 14.9. The number of carbonyl (C=O) groups excluding carboxylic acids is 1. The average Bonchev–Trinajstić information content (AvgIpc) is 2.79. The van der Waals surface area contributed by atoms with Gasteiger partial charge in [0, 0.05) is 24.3 Å². The smallest absolute Gasteiger partial charge is 0.373 e. The van der Waals surface area contributed by atoms with E-state index in [-0.39, 0.29) is 18.5 Å². The number of rotatable bonds is 5. The third kappa shape index (κ3) is 9.16. The van der Waals surface area contributed by atoms with Crippen molar-refractivity contribution in [2.75, 3.05) is 18.7 Å². The predicted octanol–water partition coefficient (Wildman–Crippen LogP) is -0.0732. The molecule has 0 saturated carbocycles. The monoisotopic (exact) mass is 422 g/mol. The van der Waals surface area contributed by atoms with Crippen LogP contribution in [0.25, 0.3) is 0 Å². The van der Waals surface area contributed by atoms with Gasteiger partial charge in [-0.15, -0.1) is 9.78 Å². The summed E-state index contributed by atoms with van der Waals surface area (Å²) in [7, 11) is -3.10. The molecular formula is C15H31N6O6P. The lowest BCUT2D eigenvalue weighted by Gasteiger charge is -2.19. The Kier molecular flexibility index (Phi) is 9.09. The molecule has 0 aliphatic heterocycles. The predicted molar refractivity (Wildman–Crippen MR) is 105 cm³/mol. The maximum absolute atomic E-state index is 11.8. The van der Waals surface area contributed by atoms with E-state index in [1.165, 1.54) is 6.66 Å². The highest BCUT2D eigenvalue weighted by Gasteiger charge is 2.22. The number of carbonyl (C=O) groups is 2. The Morgan fingerprint density at radius 2 is 1.82 bits per heavy atom. The van der Waals surface area contributed by atoms with Crippen LogP contribution in [-0.2, 0) is 9.36 Å². The number of carboxylic acid groups (broad SMARTS) is 1. The largest absolute Gasteiger partial charge is 0.480 e. The maximum Gasteiger partial charge on any atom is 0.373 e. The molecule has 1 aromatic heterocycles. The number of aromatic nitrogens is 3. The normalized spacial score (nSPS) is 14.6. The van der Waals surface area contributed by atoms with Crippen molar-refractivity contribution in [3.63, 3.8) is 0 Å². The number of nitrogens with zero attached hydrogens (tertiary/aromatic N) is 3. The summed E-state index contributed by atoms with van der Waals surface area (Å²) in [6.45, 7) is 10.3. The van der Waals surface area contributed by atoms with E-state index in [2.05, 4.69) is 10.4 Å². The maximum atomic E-state index is 11.8. The highest BCUT2D eigenvalue weighted by Crippen LogP contribution is 2.35. The summed E-state index contributed by atoms with van der Waals surface area (Å²) in [6, 6.07) is -1.61. The Balaban J connectivity index is 0.000000576. The first-order valence-electron chi connectivity index (χ1n) is 8.53. The van der Waals surface area contributed by atoms with Crippen molar-refractivity contribution in [1.82, 2.24) is 19.8 Å². The lowest BCUT2D eigenvalue weighted by Crippen LogP contribution is -2.47. The molecule has 2 unspecified atom stereocenters. The van der Waals surface area contributed by atoms with Gasteiger partial charge < -0.3 is 26.9 Å². The van der Waals surface area contributed by atoms with Gasteiger partial charge in [0.05, 0.1) is 0 Å². The Hall–Kier alpha value is -2.17. The van der Waals surface area contributed by atoms with Crippen LogP contribution in [0, 0.1) is 0 Å². The van der Waals surface area contributed by atoms with E-state index < -0.39 is 36.6 Å². The molecule has 1 rings (SSSR count). The van der Waals surface area contributed by atoms with Gasteiger partial charge in [0.1, 0.15) is 6.04 Å². The summed E-state index contributed by atoms with van der Waals surface area (Å²) in [4.78, 5) is 42.4. The Morgan fingerprint density at radius 3 is 2.14 bits per heavy atom. The molecule has 7 N–H and O–H groups in total. The SMILES string of the molecule is CC(C)c1nn(C(=O)NC(C)(C)C)c(=O)n1N.CP(=O)(O)CCC(N)C(=O)O. The standard InChI is InChI=1S/C10H19N5O2.C5H12NO4P/c1-6(2)7-13-15(9(17)14(7)11)8(16)12-10(3,4)5;1-11(9,10)3-2-4(6)5(7)8/h6H,11H2,1-5H3,(H,12,16);4H,2-3,6H2,1H3,(H,7,8)(H,9,10). The molecule has 0 aromatic carbocycles. The van der Waals surface area contributed by atoms with E-state index in [0.717, 1.165) is 9.36 Å². The minimum absolute atomic E-state index is 0.0311. The van der Waals surface area contributed by atoms with Gasteiger partial charge in [-0.2, -0.15) is 4.68 Å². The number of carboxylic acids is 1. The average molecular weight is 422 g/mol. The molecule has 1 aromatic rings. The van der Waals surface area contributed by atoms with Crippen molar-refractivity contribution in [2.45, 2.75) is 58.5 Å². The first kappa shape index (κ1) is 25.8. The third-order valence-electron chi connectivity index (χ3n) is 3.20. The lowest BCUT2D eigenvalue weighted by molar-refractivity contribution is -0.138. The summed E-state index contributed by atoms with van der Waals surface area (Å²) in [5.41, 5.74) is 4.01. The number of nitrogen functional groups attached to an aromatic ring is 1. The summed E-state index contributed by atoms with van der Waals surface area (Å²) in [5.74, 6) is 4.75. The van der Waals surface area contributed by atoms with Crippen LogP contribution in [0.15, 0.2) is 4.79 Å². The molecule has 12 nitrogen and oxygen atoms in total. The van der Waals surface area contributed by atoms with E-state index in [4.69, 9.17) is 21.6 Å². The topological polar surface area (TPSA) is 196 Å². The van der Waals surface area contributed by atoms with Crippen LogP contribution in [0.5, 0.6) is 0 Å². The molecule has 0 aliphatic rings. The molecule has 0 aliphatic carbocycles. The molecule has 2 atom stereocenters. The zero-order valence-corrected chi connectivity index (χ0v) is 17.9. The fourth-order valence-corrected chi connectivity index (χ4v) is 2.55.